The second-order valence-corrected chi connectivity index (χ2v) is 4.96. The van der Waals surface area contributed by atoms with Crippen LogP contribution in [0.5, 0.6) is 0 Å². The van der Waals surface area contributed by atoms with Gasteiger partial charge in [0.05, 0.1) is 0 Å². The Labute approximate surface area is 108 Å². The lowest BCUT2D eigenvalue weighted by molar-refractivity contribution is 0.767. The predicted octanol–water partition coefficient (Wildman–Crippen LogP) is 3.01. The molecular weight excluding hydrogens is 280 g/mol. The molecule has 0 bridgehead atoms. The lowest BCUT2D eigenvalue weighted by atomic mass is 10.2. The molecule has 2 rings (SSSR count). The second kappa shape index (κ2) is 4.79. The van der Waals surface area contributed by atoms with Gasteiger partial charge in [0, 0.05) is 16.0 Å². The fourth-order valence-electron chi connectivity index (χ4n) is 1.42. The van der Waals surface area contributed by atoms with Crippen LogP contribution >= 0.6 is 15.9 Å². The summed E-state index contributed by atoms with van der Waals surface area (Å²) in [5.41, 5.74) is 6.62. The van der Waals surface area contributed by atoms with Crippen LogP contribution in [0, 0.1) is 0 Å². The molecule has 0 amide bonds. The molecule has 0 aliphatic rings. The van der Waals surface area contributed by atoms with E-state index in [1.54, 1.807) is 0 Å². The summed E-state index contributed by atoms with van der Waals surface area (Å²) in [7, 11) is 0. The first-order valence-corrected chi connectivity index (χ1v) is 6.13. The Morgan fingerprint density at radius 2 is 1.94 bits per heavy atom. The van der Waals surface area contributed by atoms with Gasteiger partial charge in [0.2, 0.25) is 5.95 Å². The number of aromatic nitrogens is 3. The normalized spacial score (nSPS) is 10.8. The summed E-state index contributed by atoms with van der Waals surface area (Å²) in [5.74, 6) is 1.82. The molecule has 0 atom stereocenters. The summed E-state index contributed by atoms with van der Waals surface area (Å²) in [6.07, 6.45) is 0. The molecule has 0 aliphatic heterocycles. The molecule has 1 aromatic heterocycles. The third-order valence-electron chi connectivity index (χ3n) is 2.27. The zero-order chi connectivity index (χ0) is 12.4. The lowest BCUT2D eigenvalue weighted by Gasteiger charge is -2.07. The van der Waals surface area contributed by atoms with Crippen molar-refractivity contribution in [1.82, 2.24) is 15.0 Å². The van der Waals surface area contributed by atoms with E-state index in [4.69, 9.17) is 5.73 Å². The minimum absolute atomic E-state index is 0.228. The smallest absolute Gasteiger partial charge is 0.223 e. The lowest BCUT2D eigenvalue weighted by Crippen LogP contribution is -2.06. The Balaban J connectivity index is 2.52. The van der Waals surface area contributed by atoms with Gasteiger partial charge in [0.15, 0.2) is 5.82 Å². The quantitative estimate of drug-likeness (QED) is 0.924. The number of rotatable bonds is 2. The van der Waals surface area contributed by atoms with Gasteiger partial charge in [-0.1, -0.05) is 41.9 Å². The summed E-state index contributed by atoms with van der Waals surface area (Å²) in [4.78, 5) is 12.7. The zero-order valence-corrected chi connectivity index (χ0v) is 11.3. The van der Waals surface area contributed by atoms with E-state index in [2.05, 4.69) is 30.9 Å². The highest BCUT2D eigenvalue weighted by Gasteiger charge is 2.09. The van der Waals surface area contributed by atoms with Crippen LogP contribution in [0.25, 0.3) is 11.4 Å². The van der Waals surface area contributed by atoms with Crippen LogP contribution in [0.1, 0.15) is 25.6 Å². The maximum Gasteiger partial charge on any atom is 0.223 e. The van der Waals surface area contributed by atoms with E-state index < -0.39 is 0 Å². The van der Waals surface area contributed by atoms with Gasteiger partial charge in [-0.2, -0.15) is 9.97 Å². The van der Waals surface area contributed by atoms with Gasteiger partial charge in [-0.05, 0) is 12.1 Å². The van der Waals surface area contributed by atoms with E-state index in [1.807, 2.05) is 38.1 Å². The molecule has 0 radical (unpaired) electrons. The van der Waals surface area contributed by atoms with Crippen molar-refractivity contribution in [2.24, 2.45) is 0 Å². The molecule has 2 N–H and O–H groups in total. The van der Waals surface area contributed by atoms with Gasteiger partial charge in [0.25, 0.3) is 0 Å². The molecule has 88 valence electrons. The third kappa shape index (κ3) is 2.79. The van der Waals surface area contributed by atoms with Gasteiger partial charge in [-0.3, -0.25) is 0 Å². The first kappa shape index (κ1) is 12.0. The van der Waals surface area contributed by atoms with Crippen LogP contribution in [-0.4, -0.2) is 15.0 Å². The van der Waals surface area contributed by atoms with Crippen molar-refractivity contribution >= 4 is 21.9 Å². The number of nitrogens with two attached hydrogens (primary N) is 1. The molecular formula is C12H13BrN4. The average Bonchev–Trinajstić information content (AvgIpc) is 2.28. The highest BCUT2D eigenvalue weighted by molar-refractivity contribution is 9.10. The predicted molar refractivity (Wildman–Crippen MR) is 71.5 cm³/mol. The van der Waals surface area contributed by atoms with Crippen molar-refractivity contribution in [2.45, 2.75) is 19.8 Å². The van der Waals surface area contributed by atoms with Crippen LogP contribution in [0.4, 0.5) is 5.95 Å². The summed E-state index contributed by atoms with van der Waals surface area (Å²) in [5, 5.41) is 0. The van der Waals surface area contributed by atoms with E-state index in [0.29, 0.717) is 11.6 Å². The van der Waals surface area contributed by atoms with Crippen LogP contribution in [0.15, 0.2) is 28.7 Å². The van der Waals surface area contributed by atoms with Crippen molar-refractivity contribution in [2.75, 3.05) is 5.73 Å². The summed E-state index contributed by atoms with van der Waals surface area (Å²) >= 11 is 3.42. The van der Waals surface area contributed by atoms with Crippen LogP contribution in [0.3, 0.4) is 0 Å². The zero-order valence-electron chi connectivity index (χ0n) is 9.68. The maximum atomic E-state index is 5.70. The number of hydrogen-bond donors (Lipinski definition) is 1. The summed E-state index contributed by atoms with van der Waals surface area (Å²) in [6.45, 7) is 4.05. The van der Waals surface area contributed by atoms with E-state index in [9.17, 15) is 0 Å². The molecule has 5 heteroatoms. The fraction of sp³-hybridized carbons (Fsp3) is 0.250. The van der Waals surface area contributed by atoms with E-state index in [1.165, 1.54) is 0 Å². The van der Waals surface area contributed by atoms with E-state index in [-0.39, 0.29) is 11.9 Å². The van der Waals surface area contributed by atoms with Crippen LogP contribution in [0.2, 0.25) is 0 Å². The molecule has 4 nitrogen and oxygen atoms in total. The molecule has 0 aliphatic carbocycles. The Morgan fingerprint density at radius 3 is 2.59 bits per heavy atom. The first-order chi connectivity index (χ1) is 8.06. The standard InChI is InChI=1S/C12H13BrN4/c1-7(2)10-15-11(17-12(14)16-10)8-4-3-5-9(13)6-8/h3-7H,1-2H3,(H2,14,15,16,17). The molecule has 0 unspecified atom stereocenters. The Bertz CT molecular complexity index is 540. The minimum atomic E-state index is 0.228. The van der Waals surface area contributed by atoms with E-state index >= 15 is 0 Å². The molecule has 1 heterocycles. The molecule has 0 spiro atoms. The van der Waals surface area contributed by atoms with Gasteiger partial charge in [-0.25, -0.2) is 4.98 Å². The molecule has 0 saturated carbocycles. The Kier molecular flexibility index (Phi) is 3.38. The first-order valence-electron chi connectivity index (χ1n) is 5.33. The van der Waals surface area contributed by atoms with E-state index in [0.717, 1.165) is 10.0 Å². The summed E-state index contributed by atoms with van der Waals surface area (Å²) in [6, 6.07) is 7.80. The average molecular weight is 293 g/mol. The monoisotopic (exact) mass is 292 g/mol. The number of halogens is 1. The second-order valence-electron chi connectivity index (χ2n) is 4.04. The Morgan fingerprint density at radius 1 is 1.18 bits per heavy atom. The van der Waals surface area contributed by atoms with Crippen LogP contribution < -0.4 is 5.73 Å². The van der Waals surface area contributed by atoms with Crippen molar-refractivity contribution in [3.63, 3.8) is 0 Å². The van der Waals surface area contributed by atoms with Crippen molar-refractivity contribution in [3.8, 4) is 11.4 Å². The van der Waals surface area contributed by atoms with Gasteiger partial charge >= 0.3 is 0 Å². The topological polar surface area (TPSA) is 64.7 Å². The number of nitrogens with zero attached hydrogens (tertiary/aromatic N) is 3. The highest BCUT2D eigenvalue weighted by atomic mass is 79.9. The van der Waals surface area contributed by atoms with Crippen molar-refractivity contribution in [1.29, 1.82) is 0 Å². The van der Waals surface area contributed by atoms with Crippen molar-refractivity contribution in [3.05, 3.63) is 34.6 Å². The molecule has 2 aromatic rings. The van der Waals surface area contributed by atoms with Gasteiger partial charge in [0.1, 0.15) is 5.82 Å². The number of nitrogen functional groups attached to an aromatic ring is 1. The largest absolute Gasteiger partial charge is 0.368 e. The minimum Gasteiger partial charge on any atom is -0.368 e. The summed E-state index contributed by atoms with van der Waals surface area (Å²) < 4.78 is 0.986. The maximum absolute atomic E-state index is 5.70. The number of anilines is 1. The van der Waals surface area contributed by atoms with Gasteiger partial charge < -0.3 is 5.73 Å². The molecule has 17 heavy (non-hydrogen) atoms. The molecule has 1 aromatic carbocycles. The highest BCUT2D eigenvalue weighted by Crippen LogP contribution is 2.21. The van der Waals surface area contributed by atoms with Crippen LogP contribution in [-0.2, 0) is 0 Å². The fourth-order valence-corrected chi connectivity index (χ4v) is 1.82. The Hall–Kier alpha value is -1.49. The number of benzene rings is 1. The molecule has 0 fully saturated rings. The van der Waals surface area contributed by atoms with Gasteiger partial charge in [-0.15, -0.1) is 0 Å². The SMILES string of the molecule is CC(C)c1nc(N)nc(-c2cccc(Br)c2)n1. The number of hydrogen-bond acceptors (Lipinski definition) is 4. The molecule has 0 saturated heterocycles. The third-order valence-corrected chi connectivity index (χ3v) is 2.76. The van der Waals surface area contributed by atoms with Crippen molar-refractivity contribution < 1.29 is 0 Å².